The maximum Gasteiger partial charge on any atom is 0.0705 e. The number of thiophene rings is 1. The lowest BCUT2D eigenvalue weighted by Gasteiger charge is -2.30. The van der Waals surface area contributed by atoms with Crippen LogP contribution in [0.1, 0.15) is 4.88 Å². The first-order valence-electron chi connectivity index (χ1n) is 4.97. The highest BCUT2D eigenvalue weighted by molar-refractivity contribution is 9.11. The summed E-state index contributed by atoms with van der Waals surface area (Å²) in [5.74, 6) is 0. The number of hydrazone groups is 1. The number of piperazine rings is 1. The van der Waals surface area contributed by atoms with Gasteiger partial charge in [-0.25, -0.2) is 0 Å². The zero-order valence-electron chi connectivity index (χ0n) is 8.69. The van der Waals surface area contributed by atoms with Crippen molar-refractivity contribution in [3.8, 4) is 0 Å². The highest BCUT2D eigenvalue weighted by Gasteiger charge is 2.10. The van der Waals surface area contributed by atoms with E-state index in [1.165, 1.54) is 4.88 Å². The second-order valence-electron chi connectivity index (χ2n) is 3.64. The van der Waals surface area contributed by atoms with Crippen LogP contribution < -0.4 is 0 Å². The number of likely N-dealkylation sites (N-methyl/N-ethyl adjacent to an activating group) is 1. The van der Waals surface area contributed by atoms with Gasteiger partial charge in [-0.15, -0.1) is 11.3 Å². The SMILES string of the molecule is CN1CCN(/N=C\c2ccc(Br)s2)CC1. The van der Waals surface area contributed by atoms with Gasteiger partial charge in [-0.3, -0.25) is 5.01 Å². The van der Waals surface area contributed by atoms with Gasteiger partial charge in [-0.2, -0.15) is 5.10 Å². The molecule has 0 aliphatic carbocycles. The minimum Gasteiger partial charge on any atom is -0.303 e. The summed E-state index contributed by atoms with van der Waals surface area (Å²) in [5, 5.41) is 6.61. The lowest BCUT2D eigenvalue weighted by atomic mass is 10.4. The summed E-state index contributed by atoms with van der Waals surface area (Å²) >= 11 is 5.15. The van der Waals surface area contributed by atoms with Crippen molar-refractivity contribution in [1.82, 2.24) is 9.91 Å². The molecule has 0 amide bonds. The van der Waals surface area contributed by atoms with Gasteiger partial charge in [0.15, 0.2) is 0 Å². The molecule has 15 heavy (non-hydrogen) atoms. The molecule has 1 aliphatic heterocycles. The third kappa shape index (κ3) is 3.29. The quantitative estimate of drug-likeness (QED) is 0.776. The van der Waals surface area contributed by atoms with Crippen LogP contribution in [-0.4, -0.2) is 49.4 Å². The van der Waals surface area contributed by atoms with E-state index in [0.29, 0.717) is 0 Å². The number of hydrogen-bond acceptors (Lipinski definition) is 4. The van der Waals surface area contributed by atoms with Crippen LogP contribution in [0.15, 0.2) is 21.0 Å². The molecule has 0 aromatic carbocycles. The van der Waals surface area contributed by atoms with E-state index >= 15 is 0 Å². The maximum absolute atomic E-state index is 4.47. The molecule has 1 fully saturated rings. The van der Waals surface area contributed by atoms with E-state index in [1.807, 2.05) is 6.21 Å². The first-order valence-corrected chi connectivity index (χ1v) is 6.58. The first kappa shape index (κ1) is 11.1. The summed E-state index contributed by atoms with van der Waals surface area (Å²) < 4.78 is 1.15. The van der Waals surface area contributed by atoms with Crippen molar-refractivity contribution in [2.24, 2.45) is 5.10 Å². The van der Waals surface area contributed by atoms with E-state index < -0.39 is 0 Å². The predicted octanol–water partition coefficient (Wildman–Crippen LogP) is 2.09. The number of halogens is 1. The zero-order chi connectivity index (χ0) is 10.7. The Labute approximate surface area is 103 Å². The molecular formula is C10H14BrN3S. The standard InChI is InChI=1S/C10H14BrN3S/c1-13-4-6-14(7-5-13)12-8-9-2-3-10(11)15-9/h2-3,8H,4-7H2,1H3/b12-8-. The van der Waals surface area contributed by atoms with Crippen molar-refractivity contribution in [3.05, 3.63) is 20.8 Å². The van der Waals surface area contributed by atoms with Gasteiger partial charge in [-0.1, -0.05) is 0 Å². The first-order chi connectivity index (χ1) is 7.24. The normalized spacial score (nSPS) is 18.9. The molecule has 0 spiro atoms. The van der Waals surface area contributed by atoms with E-state index in [0.717, 1.165) is 30.0 Å². The fourth-order valence-electron chi connectivity index (χ4n) is 1.45. The monoisotopic (exact) mass is 287 g/mol. The largest absolute Gasteiger partial charge is 0.303 e. The molecule has 5 heteroatoms. The van der Waals surface area contributed by atoms with Crippen molar-refractivity contribution in [2.75, 3.05) is 33.2 Å². The van der Waals surface area contributed by atoms with Crippen molar-refractivity contribution >= 4 is 33.5 Å². The van der Waals surface area contributed by atoms with Crippen molar-refractivity contribution < 1.29 is 0 Å². The lowest BCUT2D eigenvalue weighted by Crippen LogP contribution is -2.41. The third-order valence-electron chi connectivity index (χ3n) is 2.42. The van der Waals surface area contributed by atoms with E-state index in [4.69, 9.17) is 0 Å². The van der Waals surface area contributed by atoms with Crippen LogP contribution >= 0.6 is 27.3 Å². The topological polar surface area (TPSA) is 18.8 Å². The van der Waals surface area contributed by atoms with Gasteiger partial charge in [0, 0.05) is 31.1 Å². The number of nitrogens with zero attached hydrogens (tertiary/aromatic N) is 3. The van der Waals surface area contributed by atoms with Crippen LogP contribution in [0.4, 0.5) is 0 Å². The van der Waals surface area contributed by atoms with Crippen LogP contribution in [-0.2, 0) is 0 Å². The smallest absolute Gasteiger partial charge is 0.0705 e. The minimum atomic E-state index is 1.03. The molecule has 0 N–H and O–H groups in total. The Morgan fingerprint density at radius 1 is 1.33 bits per heavy atom. The summed E-state index contributed by atoms with van der Waals surface area (Å²) in [6.07, 6.45) is 1.95. The molecule has 0 saturated carbocycles. The van der Waals surface area contributed by atoms with E-state index in [-0.39, 0.29) is 0 Å². The second-order valence-corrected chi connectivity index (χ2v) is 6.14. The number of rotatable bonds is 2. The second kappa shape index (κ2) is 5.09. The Hall–Kier alpha value is -0.390. The van der Waals surface area contributed by atoms with Crippen LogP contribution in [0.2, 0.25) is 0 Å². The van der Waals surface area contributed by atoms with Gasteiger partial charge in [0.25, 0.3) is 0 Å². The molecule has 1 saturated heterocycles. The Morgan fingerprint density at radius 2 is 2.07 bits per heavy atom. The van der Waals surface area contributed by atoms with Crippen molar-refractivity contribution in [3.63, 3.8) is 0 Å². The Bertz CT molecular complexity index is 342. The molecule has 0 bridgehead atoms. The average Bonchev–Trinajstić information content (AvgIpc) is 2.64. The summed E-state index contributed by atoms with van der Waals surface area (Å²) in [6, 6.07) is 4.13. The molecule has 0 atom stereocenters. The van der Waals surface area contributed by atoms with Gasteiger partial charge < -0.3 is 4.90 Å². The highest BCUT2D eigenvalue weighted by Crippen LogP contribution is 2.20. The van der Waals surface area contributed by atoms with Crippen LogP contribution in [0, 0.1) is 0 Å². The summed E-state index contributed by atoms with van der Waals surface area (Å²) in [7, 11) is 2.15. The van der Waals surface area contributed by atoms with Gasteiger partial charge in [0.2, 0.25) is 0 Å². The molecule has 2 heterocycles. The van der Waals surface area contributed by atoms with Crippen molar-refractivity contribution in [1.29, 1.82) is 0 Å². The molecular weight excluding hydrogens is 274 g/mol. The van der Waals surface area contributed by atoms with Gasteiger partial charge in [-0.05, 0) is 35.1 Å². The Balaban J connectivity index is 1.89. The van der Waals surface area contributed by atoms with Crippen LogP contribution in [0.5, 0.6) is 0 Å². The minimum absolute atomic E-state index is 1.03. The van der Waals surface area contributed by atoms with E-state index in [2.05, 4.69) is 50.1 Å². The Kier molecular flexibility index (Phi) is 3.77. The van der Waals surface area contributed by atoms with E-state index in [1.54, 1.807) is 11.3 Å². The summed E-state index contributed by atoms with van der Waals surface area (Å²) in [4.78, 5) is 3.52. The van der Waals surface area contributed by atoms with Crippen LogP contribution in [0.25, 0.3) is 0 Å². The average molecular weight is 288 g/mol. The van der Waals surface area contributed by atoms with Crippen molar-refractivity contribution in [2.45, 2.75) is 0 Å². The van der Waals surface area contributed by atoms with Gasteiger partial charge in [0.1, 0.15) is 0 Å². The van der Waals surface area contributed by atoms with Gasteiger partial charge >= 0.3 is 0 Å². The fraction of sp³-hybridized carbons (Fsp3) is 0.500. The number of hydrogen-bond donors (Lipinski definition) is 0. The molecule has 0 unspecified atom stereocenters. The Morgan fingerprint density at radius 3 is 2.67 bits per heavy atom. The van der Waals surface area contributed by atoms with Crippen LogP contribution in [0.3, 0.4) is 0 Å². The highest BCUT2D eigenvalue weighted by atomic mass is 79.9. The van der Waals surface area contributed by atoms with Gasteiger partial charge in [0.05, 0.1) is 10.0 Å². The molecule has 82 valence electrons. The fourth-order valence-corrected chi connectivity index (χ4v) is 2.74. The maximum atomic E-state index is 4.47. The molecule has 1 aromatic heterocycles. The van der Waals surface area contributed by atoms with E-state index in [9.17, 15) is 0 Å². The predicted molar refractivity (Wildman–Crippen MR) is 68.7 cm³/mol. The summed E-state index contributed by atoms with van der Waals surface area (Å²) in [5.41, 5.74) is 0. The zero-order valence-corrected chi connectivity index (χ0v) is 11.1. The molecule has 3 nitrogen and oxygen atoms in total. The third-order valence-corrected chi connectivity index (χ3v) is 3.98. The lowest BCUT2D eigenvalue weighted by molar-refractivity contribution is 0.159. The molecule has 0 radical (unpaired) electrons. The summed E-state index contributed by atoms with van der Waals surface area (Å²) in [6.45, 7) is 4.26. The molecule has 1 aliphatic rings. The molecule has 2 rings (SSSR count). The molecule has 1 aromatic rings.